The zero-order valence-corrected chi connectivity index (χ0v) is 25.8. The summed E-state index contributed by atoms with van der Waals surface area (Å²) in [7, 11) is 0. The number of carbonyl (C=O) groups is 3. The first-order chi connectivity index (χ1) is 14.7. The maximum atomic E-state index is 12.3. The van der Waals surface area contributed by atoms with Crippen LogP contribution >= 0.6 is 0 Å². The summed E-state index contributed by atoms with van der Waals surface area (Å²) in [4.78, 5) is 55.7. The summed E-state index contributed by atoms with van der Waals surface area (Å²) < 4.78 is 0. The van der Waals surface area contributed by atoms with Crippen LogP contribution in [-0.4, -0.2) is 87.4 Å². The van der Waals surface area contributed by atoms with Crippen LogP contribution in [-0.2, 0) is 22.4 Å². The number of H-pyrrole nitrogens is 2. The van der Waals surface area contributed by atoms with Gasteiger partial charge in [0.1, 0.15) is 11.7 Å². The first-order valence-corrected chi connectivity index (χ1v) is 9.44. The Labute approximate surface area is 273 Å². The van der Waals surface area contributed by atoms with E-state index in [-0.39, 0.29) is 130 Å². The van der Waals surface area contributed by atoms with Crippen molar-refractivity contribution in [3.63, 3.8) is 0 Å². The van der Waals surface area contributed by atoms with Gasteiger partial charge >= 0.3 is 71.1 Å². The van der Waals surface area contributed by atoms with Crippen LogP contribution in [0.3, 0.4) is 0 Å². The number of aromatic nitrogens is 3. The first-order valence-electron chi connectivity index (χ1n) is 9.44. The molecule has 0 aliphatic rings. The molecule has 0 fully saturated rings. The molecule has 40 heavy (non-hydrogen) atoms. The van der Waals surface area contributed by atoms with E-state index in [1.54, 1.807) is 30.5 Å². The molecule has 21 N–H and O–H groups in total. The Hall–Kier alpha value is -2.43. The third-order valence-corrected chi connectivity index (χ3v) is 4.79. The first kappa shape index (κ1) is 53.8. The molecule has 3 aromatic rings. The second-order valence-electron chi connectivity index (χ2n) is 6.98. The number of nitrogens with two attached hydrogens (primary N) is 1. The van der Waals surface area contributed by atoms with Gasteiger partial charge in [-0.15, -0.1) is 0 Å². The Balaban J connectivity index is -0.000000141. The van der Waals surface area contributed by atoms with E-state index in [2.05, 4.69) is 20.3 Å². The Morgan fingerprint density at radius 3 is 2.00 bits per heavy atom. The Bertz CT molecular complexity index is 1220. The van der Waals surface area contributed by atoms with E-state index in [1.807, 2.05) is 0 Å². The number of aliphatic carboxylic acids is 2. The number of aromatic amines is 2. The number of benzene rings is 1. The number of hydrogen-bond donors (Lipinski definition) is 6. The molecule has 1 amide bonds. The molecular formula is C20H37N5Na2O13. The number of nitrogens with one attached hydrogen (secondary N) is 3. The number of anilines is 1. The number of hydrogen-bond acceptors (Lipinski definition) is 6. The molecule has 20 heteroatoms. The van der Waals surface area contributed by atoms with Crippen molar-refractivity contribution in [2.45, 2.75) is 31.7 Å². The van der Waals surface area contributed by atoms with Crippen molar-refractivity contribution in [3.05, 3.63) is 57.5 Å². The second kappa shape index (κ2) is 24.4. The predicted molar refractivity (Wildman–Crippen MR) is 138 cm³/mol. The minimum absolute atomic E-state index is 0. The Morgan fingerprint density at radius 2 is 1.50 bits per heavy atom. The van der Waals surface area contributed by atoms with Crippen molar-refractivity contribution in [2.75, 3.05) is 5.73 Å². The molecule has 222 valence electrons. The largest absolute Gasteiger partial charge is 1.00 e. The molecule has 3 rings (SSSR count). The summed E-state index contributed by atoms with van der Waals surface area (Å²) >= 11 is 0. The molecule has 0 saturated heterocycles. The van der Waals surface area contributed by atoms with E-state index in [4.69, 9.17) is 15.9 Å². The van der Waals surface area contributed by atoms with Gasteiger partial charge in [0.25, 0.3) is 11.5 Å². The molecule has 0 unspecified atom stereocenters. The molecule has 2 aromatic heterocycles. The van der Waals surface area contributed by atoms with Crippen LogP contribution < -0.4 is 75.7 Å². The molecule has 0 radical (unpaired) electrons. The molecule has 0 saturated carbocycles. The van der Waals surface area contributed by atoms with Gasteiger partial charge in [0.15, 0.2) is 0 Å². The maximum absolute atomic E-state index is 12.3. The minimum atomic E-state index is -1.30. The number of nitrogens with zero attached hydrogens (tertiary/aromatic N) is 1. The Kier molecular flexibility index (Phi) is 32.8. The van der Waals surface area contributed by atoms with Crippen molar-refractivity contribution in [3.8, 4) is 0 Å². The third-order valence-electron chi connectivity index (χ3n) is 4.79. The predicted octanol–water partition coefficient (Wildman–Crippen LogP) is -10.9. The van der Waals surface area contributed by atoms with Crippen molar-refractivity contribution in [1.29, 1.82) is 0 Å². The topological polar surface area (TPSA) is 412 Å². The number of carbonyl (C=O) groups excluding carboxylic acids is 1. The molecule has 0 aliphatic carbocycles. The molecule has 1 aromatic carbocycles. The fourth-order valence-electron chi connectivity index (χ4n) is 3.19. The van der Waals surface area contributed by atoms with E-state index in [0.717, 1.165) is 11.1 Å². The third kappa shape index (κ3) is 14.3. The molecule has 0 spiro atoms. The number of rotatable bonds is 9. The fourth-order valence-corrected chi connectivity index (χ4v) is 3.19. The van der Waals surface area contributed by atoms with Gasteiger partial charge in [-0.2, -0.15) is 4.98 Å². The van der Waals surface area contributed by atoms with E-state index < -0.39 is 23.9 Å². The van der Waals surface area contributed by atoms with E-state index in [9.17, 15) is 19.2 Å². The number of carboxylic acid groups (broad SMARTS) is 2. The average molecular weight is 602 g/mol. The van der Waals surface area contributed by atoms with Crippen LogP contribution in [0.4, 0.5) is 5.95 Å². The van der Waals surface area contributed by atoms with Crippen molar-refractivity contribution in [2.24, 2.45) is 0 Å². The second-order valence-corrected chi connectivity index (χ2v) is 6.98. The van der Waals surface area contributed by atoms with Crippen LogP contribution in [0, 0.1) is 0 Å². The Morgan fingerprint density at radius 1 is 0.950 bits per heavy atom. The molecule has 1 atom stereocenters. The SMILES string of the molecule is Nc1nc2[nH]cc(CCc3ccc(C(=O)N[C@@H](CCC(=O)O)C(=O)O)cc3)c2c(=O)[nH]1.O.O.O.O.O.O.O.[H-].[H-].[Na+].[Na+]. The van der Waals surface area contributed by atoms with Crippen LogP contribution in [0.1, 0.15) is 37.2 Å². The molecule has 0 aliphatic heterocycles. The van der Waals surface area contributed by atoms with Crippen molar-refractivity contribution < 1.29 is 125 Å². The standard InChI is InChI=1S/C20H21N5O6.2Na.7H2O.2H/c21-20-24-16-15(18(29)25-20)12(9-22-16)6-3-10-1-4-11(5-2-10)17(28)23-13(19(30)31)7-8-14(26)27;;;;;;;;;;;/h1-2,4-5,9,13H,3,6-8H2,(H,23,28)(H,26,27)(H,30,31)(H4,21,22,24,25,29);;;7*1H2;;/q;2*+1;;;;;;;;2*-1/t13-;;;;;;;;;;;/m0.........../s1. The van der Waals surface area contributed by atoms with Gasteiger partial charge < -0.3 is 67.4 Å². The van der Waals surface area contributed by atoms with Crippen LogP contribution in [0.15, 0.2) is 35.3 Å². The van der Waals surface area contributed by atoms with Gasteiger partial charge in [-0.1, -0.05) is 12.1 Å². The van der Waals surface area contributed by atoms with Crippen molar-refractivity contribution >= 4 is 34.8 Å². The van der Waals surface area contributed by atoms with Gasteiger partial charge in [-0.25, -0.2) is 4.79 Å². The maximum Gasteiger partial charge on any atom is 1.00 e. The van der Waals surface area contributed by atoms with Crippen LogP contribution in [0.2, 0.25) is 0 Å². The van der Waals surface area contributed by atoms with Gasteiger partial charge in [0.2, 0.25) is 5.95 Å². The molecule has 0 bridgehead atoms. The van der Waals surface area contributed by atoms with Crippen LogP contribution in [0.5, 0.6) is 0 Å². The van der Waals surface area contributed by atoms with E-state index >= 15 is 0 Å². The van der Waals surface area contributed by atoms with Gasteiger partial charge in [-0.05, 0) is 42.5 Å². The molecule has 2 heterocycles. The van der Waals surface area contributed by atoms with Crippen LogP contribution in [0.25, 0.3) is 11.0 Å². The zero-order valence-electron chi connectivity index (χ0n) is 23.8. The van der Waals surface area contributed by atoms with E-state index in [1.165, 1.54) is 0 Å². The fraction of sp³-hybridized carbons (Fsp3) is 0.250. The number of aryl methyl sites for hydroxylation is 2. The van der Waals surface area contributed by atoms with Gasteiger partial charge in [0.05, 0.1) is 5.39 Å². The van der Waals surface area contributed by atoms with Gasteiger partial charge in [0, 0.05) is 18.2 Å². The summed E-state index contributed by atoms with van der Waals surface area (Å²) in [6, 6.07) is 5.30. The number of carboxylic acids is 2. The summed E-state index contributed by atoms with van der Waals surface area (Å²) in [5.41, 5.74) is 7.59. The number of nitrogen functional groups attached to an aromatic ring is 1. The summed E-state index contributed by atoms with van der Waals surface area (Å²) in [5, 5.41) is 20.6. The van der Waals surface area contributed by atoms with Gasteiger partial charge in [-0.3, -0.25) is 19.4 Å². The average Bonchev–Trinajstić information content (AvgIpc) is 3.12. The molecule has 18 nitrogen and oxygen atoms in total. The zero-order chi connectivity index (χ0) is 22.5. The van der Waals surface area contributed by atoms with E-state index in [0.29, 0.717) is 23.9 Å². The van der Waals surface area contributed by atoms with Crippen molar-refractivity contribution in [1.82, 2.24) is 20.3 Å². The summed E-state index contributed by atoms with van der Waals surface area (Å²) in [6.07, 6.45) is 2.27. The normalized spacial score (nSPS) is 9.20. The minimum Gasteiger partial charge on any atom is -1.00 e. The summed E-state index contributed by atoms with van der Waals surface area (Å²) in [6.45, 7) is 0. The molecular weight excluding hydrogens is 564 g/mol. The smallest absolute Gasteiger partial charge is 1.00 e. The summed E-state index contributed by atoms with van der Waals surface area (Å²) in [5.74, 6) is -3.00. The number of amides is 1. The quantitative estimate of drug-likeness (QED) is 0.127. The number of fused-ring (bicyclic) bond motifs is 1. The monoisotopic (exact) mass is 601 g/mol.